The quantitative estimate of drug-likeness (QED) is 0.730. The second kappa shape index (κ2) is 5.26. The molecular weight excluding hydrogens is 234 g/mol. The maximum atomic E-state index is 13.2. The van der Waals surface area contributed by atoms with Crippen LogP contribution in [-0.2, 0) is 4.79 Å². The van der Waals surface area contributed by atoms with Gasteiger partial charge in [0.05, 0.1) is 0 Å². The van der Waals surface area contributed by atoms with E-state index >= 15 is 0 Å². The van der Waals surface area contributed by atoms with E-state index in [1.165, 1.54) is 0 Å². The Balaban J connectivity index is 1.89. The van der Waals surface area contributed by atoms with Crippen LogP contribution in [0.2, 0.25) is 0 Å². The number of ketones is 1. The molecule has 0 radical (unpaired) electrons. The molecule has 18 heavy (non-hydrogen) atoms. The van der Waals surface area contributed by atoms with Gasteiger partial charge in [-0.15, -0.1) is 0 Å². The molecule has 3 atom stereocenters. The normalized spacial score (nSPS) is 36.3. The topological polar surface area (TPSA) is 17.1 Å². The third kappa shape index (κ3) is 3.30. The van der Waals surface area contributed by atoms with Gasteiger partial charge >= 0.3 is 0 Å². The average molecular weight is 258 g/mol. The van der Waals surface area contributed by atoms with E-state index in [-0.39, 0.29) is 24.7 Å². The van der Waals surface area contributed by atoms with Crippen LogP contribution in [0.5, 0.6) is 0 Å². The summed E-state index contributed by atoms with van der Waals surface area (Å²) in [4.78, 5) is 11.9. The molecule has 2 aliphatic carbocycles. The Kier molecular flexibility index (Phi) is 4.08. The average Bonchev–Trinajstić information content (AvgIpc) is 2.61. The number of halogens is 2. The number of Topliss-reactive ketones (excluding diaryl/α,β-unsaturated/α-hetero) is 1. The van der Waals surface area contributed by atoms with Crippen LogP contribution < -0.4 is 0 Å². The number of carbonyl (C=O) groups is 1. The van der Waals surface area contributed by atoms with Crippen LogP contribution in [0.25, 0.3) is 0 Å². The van der Waals surface area contributed by atoms with Crippen LogP contribution in [0.15, 0.2) is 0 Å². The van der Waals surface area contributed by atoms with Gasteiger partial charge in [-0.05, 0) is 43.4 Å². The second-order valence-corrected chi connectivity index (χ2v) is 6.64. The molecule has 2 aliphatic rings. The Bertz CT molecular complexity index is 312. The first kappa shape index (κ1) is 14.0. The Labute approximate surface area is 108 Å². The van der Waals surface area contributed by atoms with E-state index in [1.54, 1.807) is 0 Å². The zero-order valence-electron chi connectivity index (χ0n) is 11.4. The van der Waals surface area contributed by atoms with Crippen molar-refractivity contribution in [3.8, 4) is 0 Å². The van der Waals surface area contributed by atoms with Crippen LogP contribution >= 0.6 is 0 Å². The molecular formula is C15H24F2O. The van der Waals surface area contributed by atoms with Gasteiger partial charge in [0.1, 0.15) is 5.78 Å². The maximum absolute atomic E-state index is 13.2. The van der Waals surface area contributed by atoms with Gasteiger partial charge in [-0.25, -0.2) is 8.78 Å². The Morgan fingerprint density at radius 3 is 2.61 bits per heavy atom. The van der Waals surface area contributed by atoms with Crippen molar-refractivity contribution in [2.45, 2.75) is 64.7 Å². The van der Waals surface area contributed by atoms with Crippen molar-refractivity contribution >= 4 is 5.78 Å². The summed E-state index contributed by atoms with van der Waals surface area (Å²) >= 11 is 0. The summed E-state index contributed by atoms with van der Waals surface area (Å²) in [5, 5.41) is 0. The van der Waals surface area contributed by atoms with Crippen molar-refractivity contribution in [2.75, 3.05) is 0 Å². The molecule has 3 heteroatoms. The summed E-state index contributed by atoms with van der Waals surface area (Å²) in [6, 6.07) is 0. The Morgan fingerprint density at radius 1 is 1.33 bits per heavy atom. The highest BCUT2D eigenvalue weighted by molar-refractivity contribution is 5.81. The zero-order chi connectivity index (χ0) is 13.3. The molecule has 0 spiro atoms. The van der Waals surface area contributed by atoms with Crippen molar-refractivity contribution in [3.05, 3.63) is 0 Å². The fourth-order valence-electron chi connectivity index (χ4n) is 3.63. The van der Waals surface area contributed by atoms with Gasteiger partial charge in [-0.2, -0.15) is 0 Å². The molecule has 2 rings (SSSR count). The highest BCUT2D eigenvalue weighted by Gasteiger charge is 2.41. The largest absolute Gasteiger partial charge is 0.299 e. The molecule has 0 aliphatic heterocycles. The molecule has 0 N–H and O–H groups in total. The summed E-state index contributed by atoms with van der Waals surface area (Å²) in [5.41, 5.74) is 0. The van der Waals surface area contributed by atoms with Crippen LogP contribution in [0, 0.1) is 23.7 Å². The summed E-state index contributed by atoms with van der Waals surface area (Å²) in [6.45, 7) is 4.39. The lowest BCUT2D eigenvalue weighted by atomic mass is 9.72. The van der Waals surface area contributed by atoms with Crippen LogP contribution in [0.4, 0.5) is 8.78 Å². The first-order valence-corrected chi connectivity index (χ1v) is 7.28. The Morgan fingerprint density at radius 2 is 2.06 bits per heavy atom. The molecule has 0 bridgehead atoms. The fourth-order valence-corrected chi connectivity index (χ4v) is 3.63. The number of rotatable bonds is 3. The summed E-state index contributed by atoms with van der Waals surface area (Å²) in [5.74, 6) is -0.813. The molecule has 1 nitrogen and oxygen atoms in total. The lowest BCUT2D eigenvalue weighted by Gasteiger charge is -2.31. The minimum Gasteiger partial charge on any atom is -0.299 e. The molecule has 2 fully saturated rings. The van der Waals surface area contributed by atoms with Gasteiger partial charge in [0.2, 0.25) is 5.92 Å². The monoisotopic (exact) mass is 258 g/mol. The highest BCUT2D eigenvalue weighted by Crippen LogP contribution is 2.44. The van der Waals surface area contributed by atoms with Crippen molar-refractivity contribution in [2.24, 2.45) is 23.7 Å². The first-order chi connectivity index (χ1) is 8.37. The highest BCUT2D eigenvalue weighted by atomic mass is 19.3. The van der Waals surface area contributed by atoms with Gasteiger partial charge in [0, 0.05) is 25.2 Å². The summed E-state index contributed by atoms with van der Waals surface area (Å²) in [7, 11) is 0. The number of hydrogen-bond donors (Lipinski definition) is 0. The third-order valence-corrected chi connectivity index (χ3v) is 4.87. The van der Waals surface area contributed by atoms with Crippen LogP contribution in [0.3, 0.4) is 0 Å². The van der Waals surface area contributed by atoms with Gasteiger partial charge in [0.15, 0.2) is 0 Å². The van der Waals surface area contributed by atoms with Crippen molar-refractivity contribution in [1.82, 2.24) is 0 Å². The molecule has 0 heterocycles. The number of carbonyl (C=O) groups excluding carboxylic acids is 1. The minimum atomic E-state index is -2.47. The van der Waals surface area contributed by atoms with Crippen LogP contribution in [-0.4, -0.2) is 11.7 Å². The molecule has 0 saturated heterocycles. The van der Waals surface area contributed by atoms with E-state index in [1.807, 2.05) is 0 Å². The fraction of sp³-hybridized carbons (Fsp3) is 0.933. The first-order valence-electron chi connectivity index (χ1n) is 7.28. The summed E-state index contributed by atoms with van der Waals surface area (Å²) in [6.07, 6.45) is 3.92. The van der Waals surface area contributed by atoms with E-state index < -0.39 is 5.92 Å². The number of hydrogen-bond acceptors (Lipinski definition) is 1. The standard InChI is InChI=1S/C15H24F2O/c1-10(2)12-3-4-14(18)13(8-12)7-11-5-6-15(16,17)9-11/h10-13H,3-9H2,1-2H3. The van der Waals surface area contributed by atoms with Crippen molar-refractivity contribution < 1.29 is 13.6 Å². The third-order valence-electron chi connectivity index (χ3n) is 4.87. The van der Waals surface area contributed by atoms with E-state index in [9.17, 15) is 13.6 Å². The van der Waals surface area contributed by atoms with Gasteiger partial charge in [0.25, 0.3) is 0 Å². The van der Waals surface area contributed by atoms with E-state index in [0.29, 0.717) is 36.9 Å². The lowest BCUT2D eigenvalue weighted by Crippen LogP contribution is -2.29. The predicted molar refractivity (Wildman–Crippen MR) is 67.6 cm³/mol. The van der Waals surface area contributed by atoms with Crippen molar-refractivity contribution in [3.63, 3.8) is 0 Å². The van der Waals surface area contributed by atoms with E-state index in [4.69, 9.17) is 0 Å². The number of alkyl halides is 2. The van der Waals surface area contributed by atoms with Crippen molar-refractivity contribution in [1.29, 1.82) is 0 Å². The smallest absolute Gasteiger partial charge is 0.248 e. The summed E-state index contributed by atoms with van der Waals surface area (Å²) < 4.78 is 26.3. The molecule has 0 aromatic carbocycles. The van der Waals surface area contributed by atoms with E-state index in [2.05, 4.69) is 13.8 Å². The van der Waals surface area contributed by atoms with E-state index in [0.717, 1.165) is 12.8 Å². The van der Waals surface area contributed by atoms with Gasteiger partial charge in [-0.1, -0.05) is 13.8 Å². The molecule has 0 aromatic heterocycles. The zero-order valence-corrected chi connectivity index (χ0v) is 11.4. The molecule has 3 unspecified atom stereocenters. The minimum absolute atomic E-state index is 0.00310. The van der Waals surface area contributed by atoms with Crippen LogP contribution in [0.1, 0.15) is 58.8 Å². The molecule has 2 saturated carbocycles. The maximum Gasteiger partial charge on any atom is 0.248 e. The lowest BCUT2D eigenvalue weighted by molar-refractivity contribution is -0.126. The molecule has 104 valence electrons. The van der Waals surface area contributed by atoms with Gasteiger partial charge in [-0.3, -0.25) is 4.79 Å². The molecule has 0 aromatic rings. The second-order valence-electron chi connectivity index (χ2n) is 6.64. The SMILES string of the molecule is CC(C)C1CCC(=O)C(CC2CCC(F)(F)C2)C1. The predicted octanol–water partition coefficient (Wildman–Crippen LogP) is 4.45. The Hall–Kier alpha value is -0.470. The molecule has 0 amide bonds. The van der Waals surface area contributed by atoms with Gasteiger partial charge < -0.3 is 0 Å².